The fourth-order valence-corrected chi connectivity index (χ4v) is 4.94. The van der Waals surface area contributed by atoms with Crippen LogP contribution in [-0.2, 0) is 30.4 Å². The minimum absolute atomic E-state index is 0.0230. The van der Waals surface area contributed by atoms with Crippen molar-refractivity contribution in [2.75, 3.05) is 33.9 Å². The standard InChI is InChI=1S/C32H32N6O9/c1-18-4-2-3-5-23(18)36-32(47)35-20-8-6-19(7-9-20)14-26(39)34-21-10-11-24-22(15-21)31(46)38(25(30(33)45)16-29(43)44)17-27(40)37(24)13-12-28(41)42/h2-11,15,25H,12-14,16-17H2,1H3,(H2,33,45)(H,34,39)(H,41,42)(H,43,44)(H2,35,36,47). The van der Waals surface area contributed by atoms with E-state index in [1.807, 2.05) is 19.1 Å². The Bertz CT molecular complexity index is 1740. The molecule has 0 bridgehead atoms. The maximum absolute atomic E-state index is 13.6. The van der Waals surface area contributed by atoms with Gasteiger partial charge in [-0.25, -0.2) is 4.79 Å². The van der Waals surface area contributed by atoms with E-state index in [0.29, 0.717) is 16.9 Å². The molecule has 0 radical (unpaired) electrons. The summed E-state index contributed by atoms with van der Waals surface area (Å²) in [5, 5.41) is 26.6. The first kappa shape index (κ1) is 33.6. The lowest BCUT2D eigenvalue weighted by atomic mass is 10.1. The van der Waals surface area contributed by atoms with Crippen LogP contribution in [0.2, 0.25) is 0 Å². The number of para-hydroxylation sites is 1. The number of benzene rings is 3. The van der Waals surface area contributed by atoms with Crippen LogP contribution in [0.15, 0.2) is 66.7 Å². The Morgan fingerprint density at radius 2 is 1.55 bits per heavy atom. The lowest BCUT2D eigenvalue weighted by Gasteiger charge is -2.27. The van der Waals surface area contributed by atoms with Crippen molar-refractivity contribution in [1.82, 2.24) is 4.90 Å². The lowest BCUT2D eigenvalue weighted by Crippen LogP contribution is -2.51. The first-order chi connectivity index (χ1) is 22.3. The number of carboxylic acid groups (broad SMARTS) is 2. The number of urea groups is 1. The van der Waals surface area contributed by atoms with Crippen molar-refractivity contribution in [3.05, 3.63) is 83.4 Å². The Labute approximate surface area is 268 Å². The number of carbonyl (C=O) groups excluding carboxylic acids is 5. The number of amides is 6. The Morgan fingerprint density at radius 3 is 2.19 bits per heavy atom. The topological polar surface area (TPSA) is 229 Å². The first-order valence-electron chi connectivity index (χ1n) is 14.3. The van der Waals surface area contributed by atoms with Crippen LogP contribution in [0.5, 0.6) is 0 Å². The number of rotatable bonds is 12. The van der Waals surface area contributed by atoms with Crippen LogP contribution < -0.4 is 26.6 Å². The Hall–Kier alpha value is -6.25. The Morgan fingerprint density at radius 1 is 0.872 bits per heavy atom. The number of hydrogen-bond acceptors (Lipinski definition) is 7. The highest BCUT2D eigenvalue weighted by atomic mass is 16.4. The van der Waals surface area contributed by atoms with Gasteiger partial charge in [0.25, 0.3) is 5.91 Å². The van der Waals surface area contributed by atoms with Crippen molar-refractivity contribution in [3.8, 4) is 0 Å². The van der Waals surface area contributed by atoms with E-state index < -0.39 is 67.0 Å². The van der Waals surface area contributed by atoms with Crippen molar-refractivity contribution in [2.45, 2.75) is 32.2 Å². The highest BCUT2D eigenvalue weighted by molar-refractivity contribution is 6.12. The van der Waals surface area contributed by atoms with Gasteiger partial charge in [0.1, 0.15) is 12.6 Å². The summed E-state index contributed by atoms with van der Waals surface area (Å²) in [5.41, 5.74) is 8.05. The quantitative estimate of drug-likeness (QED) is 0.170. The van der Waals surface area contributed by atoms with Crippen LogP contribution in [-0.4, -0.2) is 75.8 Å². The van der Waals surface area contributed by atoms with Gasteiger partial charge >= 0.3 is 18.0 Å². The Balaban J connectivity index is 1.50. The third kappa shape index (κ3) is 8.69. The smallest absolute Gasteiger partial charge is 0.323 e. The number of anilines is 4. The van der Waals surface area contributed by atoms with Gasteiger partial charge in [-0.05, 0) is 54.4 Å². The SMILES string of the molecule is Cc1ccccc1NC(=O)Nc1ccc(CC(=O)Nc2ccc3c(c2)C(=O)N(C(CC(=O)O)C(N)=O)CC(=O)N3CCC(=O)O)cc1. The van der Waals surface area contributed by atoms with Gasteiger partial charge < -0.3 is 41.7 Å². The summed E-state index contributed by atoms with van der Waals surface area (Å²) < 4.78 is 0. The second kappa shape index (κ2) is 14.7. The highest BCUT2D eigenvalue weighted by Crippen LogP contribution is 2.30. The number of primary amides is 1. The number of carboxylic acids is 2. The number of aryl methyl sites for hydroxylation is 1. The van der Waals surface area contributed by atoms with Crippen LogP contribution in [0, 0.1) is 6.92 Å². The number of nitrogens with zero attached hydrogens (tertiary/aromatic N) is 2. The average molecular weight is 645 g/mol. The summed E-state index contributed by atoms with van der Waals surface area (Å²) in [7, 11) is 0. The van der Waals surface area contributed by atoms with Gasteiger partial charge in [-0.1, -0.05) is 30.3 Å². The van der Waals surface area contributed by atoms with E-state index in [1.54, 1.807) is 36.4 Å². The first-order valence-corrected chi connectivity index (χ1v) is 14.3. The van der Waals surface area contributed by atoms with E-state index in [4.69, 9.17) is 5.73 Å². The molecule has 4 rings (SSSR count). The third-order valence-corrected chi connectivity index (χ3v) is 7.26. The Kier molecular flexibility index (Phi) is 10.5. The molecule has 3 aromatic rings. The normalized spacial score (nSPS) is 13.2. The van der Waals surface area contributed by atoms with Gasteiger partial charge in [0.05, 0.1) is 30.5 Å². The van der Waals surface area contributed by atoms with E-state index in [0.717, 1.165) is 15.4 Å². The molecule has 1 unspecified atom stereocenters. The van der Waals surface area contributed by atoms with Crippen LogP contribution in [0.1, 0.15) is 34.3 Å². The molecule has 244 valence electrons. The number of carbonyl (C=O) groups is 7. The molecule has 1 aliphatic rings. The lowest BCUT2D eigenvalue weighted by molar-refractivity contribution is -0.141. The fourth-order valence-electron chi connectivity index (χ4n) is 4.94. The van der Waals surface area contributed by atoms with Crippen molar-refractivity contribution in [2.24, 2.45) is 5.73 Å². The van der Waals surface area contributed by atoms with Crippen LogP contribution >= 0.6 is 0 Å². The largest absolute Gasteiger partial charge is 0.481 e. The predicted octanol–water partition coefficient (Wildman–Crippen LogP) is 2.41. The minimum Gasteiger partial charge on any atom is -0.481 e. The van der Waals surface area contributed by atoms with Gasteiger partial charge in [0, 0.05) is 23.6 Å². The molecular formula is C32H32N6O9. The molecule has 0 spiro atoms. The van der Waals surface area contributed by atoms with Crippen LogP contribution in [0.25, 0.3) is 0 Å². The molecule has 0 aromatic heterocycles. The van der Waals surface area contributed by atoms with Gasteiger partial charge in [0.2, 0.25) is 17.7 Å². The molecule has 0 saturated carbocycles. The second-order valence-corrected chi connectivity index (χ2v) is 10.7. The average Bonchev–Trinajstić information content (AvgIpc) is 3.10. The molecule has 1 atom stereocenters. The van der Waals surface area contributed by atoms with Gasteiger partial charge in [-0.15, -0.1) is 0 Å². The van der Waals surface area contributed by atoms with Gasteiger partial charge in [-0.2, -0.15) is 0 Å². The molecule has 1 aliphatic heterocycles. The molecule has 15 heteroatoms. The maximum Gasteiger partial charge on any atom is 0.323 e. The fraction of sp³-hybridized carbons (Fsp3) is 0.219. The number of hydrogen-bond donors (Lipinski definition) is 6. The molecule has 0 saturated heterocycles. The van der Waals surface area contributed by atoms with Crippen molar-refractivity contribution < 1.29 is 43.8 Å². The molecular weight excluding hydrogens is 612 g/mol. The van der Waals surface area contributed by atoms with E-state index >= 15 is 0 Å². The molecule has 6 amide bonds. The van der Waals surface area contributed by atoms with Gasteiger partial charge in [-0.3, -0.25) is 28.8 Å². The molecule has 47 heavy (non-hydrogen) atoms. The summed E-state index contributed by atoms with van der Waals surface area (Å²) in [4.78, 5) is 88.7. The molecule has 15 nitrogen and oxygen atoms in total. The summed E-state index contributed by atoms with van der Waals surface area (Å²) in [6, 6.07) is 15.8. The molecule has 7 N–H and O–H groups in total. The number of nitrogens with one attached hydrogen (secondary N) is 3. The molecule has 1 heterocycles. The van der Waals surface area contributed by atoms with Crippen molar-refractivity contribution in [3.63, 3.8) is 0 Å². The van der Waals surface area contributed by atoms with E-state index in [1.165, 1.54) is 18.2 Å². The molecule has 3 aromatic carbocycles. The highest BCUT2D eigenvalue weighted by Gasteiger charge is 2.38. The van der Waals surface area contributed by atoms with E-state index in [-0.39, 0.29) is 29.9 Å². The molecule has 0 aliphatic carbocycles. The minimum atomic E-state index is -1.67. The van der Waals surface area contributed by atoms with Crippen molar-refractivity contribution in [1.29, 1.82) is 0 Å². The zero-order chi connectivity index (χ0) is 34.2. The zero-order valence-corrected chi connectivity index (χ0v) is 25.2. The van der Waals surface area contributed by atoms with Crippen LogP contribution in [0.3, 0.4) is 0 Å². The number of nitrogens with two attached hydrogens (primary N) is 1. The van der Waals surface area contributed by atoms with Crippen molar-refractivity contribution >= 4 is 64.3 Å². The summed E-state index contributed by atoms with van der Waals surface area (Å²) in [6.07, 6.45) is -1.41. The number of aliphatic carboxylic acids is 2. The second-order valence-electron chi connectivity index (χ2n) is 10.7. The predicted molar refractivity (Wildman–Crippen MR) is 170 cm³/mol. The third-order valence-electron chi connectivity index (χ3n) is 7.26. The zero-order valence-electron chi connectivity index (χ0n) is 25.2. The summed E-state index contributed by atoms with van der Waals surface area (Å²) in [5.74, 6) is -5.91. The summed E-state index contributed by atoms with van der Waals surface area (Å²) in [6.45, 7) is 0.827. The molecule has 0 fully saturated rings. The van der Waals surface area contributed by atoms with E-state index in [2.05, 4.69) is 16.0 Å². The monoisotopic (exact) mass is 644 g/mol. The van der Waals surface area contributed by atoms with E-state index in [9.17, 15) is 43.8 Å². The maximum atomic E-state index is 13.6. The summed E-state index contributed by atoms with van der Waals surface area (Å²) >= 11 is 0. The number of fused-ring (bicyclic) bond motifs is 1. The van der Waals surface area contributed by atoms with Crippen LogP contribution in [0.4, 0.5) is 27.5 Å². The van der Waals surface area contributed by atoms with Gasteiger partial charge in [0.15, 0.2) is 0 Å².